The maximum absolute atomic E-state index is 12.1. The maximum Gasteiger partial charge on any atom is 0.337 e. The van der Waals surface area contributed by atoms with Crippen LogP contribution >= 0.6 is 0 Å². The molecule has 2 N–H and O–H groups in total. The van der Waals surface area contributed by atoms with Gasteiger partial charge in [-0.25, -0.2) is 9.59 Å². The molecule has 1 fully saturated rings. The summed E-state index contributed by atoms with van der Waals surface area (Å²) in [6.07, 6.45) is 2.61. The lowest BCUT2D eigenvalue weighted by Gasteiger charge is -2.35. The second-order valence-electron chi connectivity index (χ2n) is 4.86. The highest BCUT2D eigenvalue weighted by atomic mass is 16.5. The number of pyridine rings is 1. The first-order valence-corrected chi connectivity index (χ1v) is 6.35. The van der Waals surface area contributed by atoms with Gasteiger partial charge in [-0.1, -0.05) is 0 Å². The summed E-state index contributed by atoms with van der Waals surface area (Å²) in [4.78, 5) is 28.4. The van der Waals surface area contributed by atoms with Crippen LogP contribution < -0.4 is 5.32 Å². The average Bonchev–Trinajstić information content (AvgIpc) is 2.37. The lowest BCUT2D eigenvalue weighted by Crippen LogP contribution is -2.49. The SMILES string of the molecule is CC1CN(C(=O)Nc2cncc(C(=O)O)c2)CC(C)O1. The van der Waals surface area contributed by atoms with Crippen LogP contribution in [0.15, 0.2) is 18.5 Å². The van der Waals surface area contributed by atoms with E-state index in [1.807, 2.05) is 13.8 Å². The highest BCUT2D eigenvalue weighted by Crippen LogP contribution is 2.14. The van der Waals surface area contributed by atoms with Gasteiger partial charge < -0.3 is 20.1 Å². The molecule has 0 aliphatic carbocycles. The summed E-state index contributed by atoms with van der Waals surface area (Å²) >= 11 is 0. The molecule has 2 atom stereocenters. The number of nitrogens with one attached hydrogen (secondary N) is 1. The first kappa shape index (κ1) is 14.3. The topological polar surface area (TPSA) is 91.8 Å². The predicted octanol–water partition coefficient (Wildman–Crippen LogP) is 1.42. The monoisotopic (exact) mass is 279 g/mol. The van der Waals surface area contributed by atoms with Crippen LogP contribution in [0.3, 0.4) is 0 Å². The average molecular weight is 279 g/mol. The number of amides is 2. The Morgan fingerprint density at radius 2 is 2.00 bits per heavy atom. The van der Waals surface area contributed by atoms with Crippen molar-refractivity contribution in [1.29, 1.82) is 0 Å². The van der Waals surface area contributed by atoms with Crippen LogP contribution in [0.4, 0.5) is 10.5 Å². The molecule has 1 aromatic rings. The van der Waals surface area contributed by atoms with Crippen LogP contribution in [0.25, 0.3) is 0 Å². The van der Waals surface area contributed by atoms with Gasteiger partial charge in [0.1, 0.15) is 0 Å². The van der Waals surface area contributed by atoms with E-state index in [9.17, 15) is 9.59 Å². The van der Waals surface area contributed by atoms with Crippen molar-refractivity contribution in [3.05, 3.63) is 24.0 Å². The zero-order chi connectivity index (χ0) is 14.7. The minimum absolute atomic E-state index is 0.0204. The quantitative estimate of drug-likeness (QED) is 0.854. The van der Waals surface area contributed by atoms with Crippen molar-refractivity contribution < 1.29 is 19.4 Å². The number of aromatic nitrogens is 1. The molecule has 0 aromatic carbocycles. The van der Waals surface area contributed by atoms with Crippen molar-refractivity contribution in [1.82, 2.24) is 9.88 Å². The van der Waals surface area contributed by atoms with Crippen molar-refractivity contribution in [2.75, 3.05) is 18.4 Å². The number of hydrogen-bond donors (Lipinski definition) is 2. The fourth-order valence-electron chi connectivity index (χ4n) is 2.17. The Kier molecular flexibility index (Phi) is 4.19. The Balaban J connectivity index is 2.04. The number of urea groups is 1. The Labute approximate surface area is 116 Å². The van der Waals surface area contributed by atoms with Gasteiger partial charge in [0.15, 0.2) is 0 Å². The van der Waals surface area contributed by atoms with Crippen molar-refractivity contribution in [2.24, 2.45) is 0 Å². The van der Waals surface area contributed by atoms with Crippen molar-refractivity contribution in [2.45, 2.75) is 26.1 Å². The number of nitrogens with zero attached hydrogens (tertiary/aromatic N) is 2. The molecule has 7 nitrogen and oxygen atoms in total. The van der Waals surface area contributed by atoms with Gasteiger partial charge in [0, 0.05) is 19.3 Å². The largest absolute Gasteiger partial charge is 0.478 e. The maximum atomic E-state index is 12.1. The second-order valence-corrected chi connectivity index (χ2v) is 4.86. The molecule has 7 heteroatoms. The fraction of sp³-hybridized carbons (Fsp3) is 0.462. The standard InChI is InChI=1S/C13H17N3O4/c1-8-6-16(7-9(2)20-8)13(19)15-11-3-10(12(17)18)4-14-5-11/h3-5,8-9H,6-7H2,1-2H3,(H,15,19)(H,17,18). The highest BCUT2D eigenvalue weighted by Gasteiger charge is 2.25. The molecule has 2 unspecified atom stereocenters. The van der Waals surface area contributed by atoms with Crippen LogP contribution in [0.1, 0.15) is 24.2 Å². The first-order chi connectivity index (χ1) is 9.45. The van der Waals surface area contributed by atoms with E-state index in [0.717, 1.165) is 0 Å². The van der Waals surface area contributed by atoms with Crippen LogP contribution in [0.5, 0.6) is 0 Å². The van der Waals surface area contributed by atoms with E-state index in [1.54, 1.807) is 4.90 Å². The molecule has 1 saturated heterocycles. The van der Waals surface area contributed by atoms with Crippen LogP contribution in [-0.2, 0) is 4.74 Å². The number of carbonyl (C=O) groups is 2. The number of ether oxygens (including phenoxy) is 1. The predicted molar refractivity (Wildman–Crippen MR) is 71.8 cm³/mol. The molecule has 1 aliphatic heterocycles. The number of morpholine rings is 1. The molecular formula is C13H17N3O4. The Morgan fingerprint density at radius 3 is 2.60 bits per heavy atom. The van der Waals surface area contributed by atoms with Crippen LogP contribution in [0, 0.1) is 0 Å². The third-order valence-electron chi connectivity index (χ3n) is 2.94. The molecule has 1 aromatic heterocycles. The Bertz CT molecular complexity index is 510. The number of aromatic carboxylic acids is 1. The molecule has 108 valence electrons. The number of anilines is 1. The van der Waals surface area contributed by atoms with E-state index in [-0.39, 0.29) is 23.8 Å². The summed E-state index contributed by atoms with van der Waals surface area (Å²) < 4.78 is 5.56. The van der Waals surface area contributed by atoms with Gasteiger partial charge in [-0.15, -0.1) is 0 Å². The zero-order valence-corrected chi connectivity index (χ0v) is 11.4. The van der Waals surface area contributed by atoms with E-state index in [2.05, 4.69) is 10.3 Å². The minimum Gasteiger partial charge on any atom is -0.478 e. The van der Waals surface area contributed by atoms with Crippen molar-refractivity contribution in [3.63, 3.8) is 0 Å². The van der Waals surface area contributed by atoms with Crippen molar-refractivity contribution >= 4 is 17.7 Å². The zero-order valence-electron chi connectivity index (χ0n) is 11.4. The number of rotatable bonds is 2. The molecular weight excluding hydrogens is 262 g/mol. The van der Waals surface area contributed by atoms with E-state index in [0.29, 0.717) is 18.8 Å². The molecule has 2 rings (SSSR count). The molecule has 20 heavy (non-hydrogen) atoms. The van der Waals surface area contributed by atoms with E-state index < -0.39 is 5.97 Å². The van der Waals surface area contributed by atoms with Gasteiger partial charge in [-0.2, -0.15) is 0 Å². The molecule has 0 spiro atoms. The Morgan fingerprint density at radius 1 is 1.35 bits per heavy atom. The number of carbonyl (C=O) groups excluding carboxylic acids is 1. The minimum atomic E-state index is -1.08. The van der Waals surface area contributed by atoms with Crippen LogP contribution in [-0.4, -0.2) is 52.3 Å². The summed E-state index contributed by atoms with van der Waals surface area (Å²) in [5, 5.41) is 11.5. The summed E-state index contributed by atoms with van der Waals surface area (Å²) in [6.45, 7) is 4.82. The third kappa shape index (κ3) is 3.45. The van der Waals surface area contributed by atoms with Gasteiger partial charge in [-0.3, -0.25) is 4.98 Å². The lowest BCUT2D eigenvalue weighted by atomic mass is 10.2. The van der Waals surface area contributed by atoms with Gasteiger partial charge in [-0.05, 0) is 19.9 Å². The van der Waals surface area contributed by atoms with E-state index in [4.69, 9.17) is 9.84 Å². The van der Waals surface area contributed by atoms with Gasteiger partial charge in [0.2, 0.25) is 0 Å². The molecule has 0 bridgehead atoms. The first-order valence-electron chi connectivity index (χ1n) is 6.35. The summed E-state index contributed by atoms with van der Waals surface area (Å²) in [5.74, 6) is -1.08. The fourth-order valence-corrected chi connectivity index (χ4v) is 2.17. The lowest BCUT2D eigenvalue weighted by molar-refractivity contribution is -0.0530. The molecule has 0 saturated carbocycles. The van der Waals surface area contributed by atoms with Crippen molar-refractivity contribution in [3.8, 4) is 0 Å². The normalized spacial score (nSPS) is 22.4. The van der Waals surface area contributed by atoms with Gasteiger partial charge in [0.25, 0.3) is 0 Å². The Hall–Kier alpha value is -2.15. The number of carboxylic acids is 1. The molecule has 2 heterocycles. The summed E-state index contributed by atoms with van der Waals surface area (Å²) in [7, 11) is 0. The molecule has 0 radical (unpaired) electrons. The molecule has 1 aliphatic rings. The highest BCUT2D eigenvalue weighted by molar-refractivity contribution is 5.92. The van der Waals surface area contributed by atoms with Gasteiger partial charge in [0.05, 0.1) is 29.7 Å². The number of carboxylic acid groups (broad SMARTS) is 1. The van der Waals surface area contributed by atoms with Crippen LogP contribution in [0.2, 0.25) is 0 Å². The summed E-state index contributed by atoms with van der Waals surface area (Å²) in [5.41, 5.74) is 0.396. The van der Waals surface area contributed by atoms with E-state index >= 15 is 0 Å². The summed E-state index contributed by atoms with van der Waals surface area (Å²) in [6, 6.07) is 1.09. The van der Waals surface area contributed by atoms with Gasteiger partial charge >= 0.3 is 12.0 Å². The number of hydrogen-bond acceptors (Lipinski definition) is 4. The van der Waals surface area contributed by atoms with E-state index in [1.165, 1.54) is 18.5 Å². The molecule has 2 amide bonds. The second kappa shape index (κ2) is 5.87. The third-order valence-corrected chi connectivity index (χ3v) is 2.94. The smallest absolute Gasteiger partial charge is 0.337 e.